The largest absolute Gasteiger partial charge is 0.466 e. The number of piperidine rings is 1. The lowest BCUT2D eigenvalue weighted by molar-refractivity contribution is -0.150. The van der Waals surface area contributed by atoms with Crippen molar-refractivity contribution in [3.8, 4) is 0 Å². The van der Waals surface area contributed by atoms with Crippen molar-refractivity contribution in [2.45, 2.75) is 25.9 Å². The molecule has 1 aliphatic rings. The van der Waals surface area contributed by atoms with Gasteiger partial charge in [0.15, 0.2) is 0 Å². The molecule has 0 radical (unpaired) electrons. The number of likely N-dealkylation sites (tertiary alicyclic amines) is 1. The van der Waals surface area contributed by atoms with Gasteiger partial charge in [-0.1, -0.05) is 47.5 Å². The fourth-order valence-electron chi connectivity index (χ4n) is 3.67. The lowest BCUT2D eigenvalue weighted by Gasteiger charge is -2.31. The number of carbonyl (C=O) groups excluding carboxylic acids is 1. The molecule has 6 heteroatoms. The van der Waals surface area contributed by atoms with Crippen molar-refractivity contribution >= 4 is 29.2 Å². The highest BCUT2D eigenvalue weighted by atomic mass is 35.5. The molecule has 4 nitrogen and oxygen atoms in total. The second-order valence-electron chi connectivity index (χ2n) is 7.25. The van der Waals surface area contributed by atoms with Gasteiger partial charge in [-0.3, -0.25) is 4.79 Å². The van der Waals surface area contributed by atoms with Crippen LogP contribution in [-0.2, 0) is 14.3 Å². The number of benzene rings is 2. The van der Waals surface area contributed by atoms with Crippen LogP contribution in [0.15, 0.2) is 48.5 Å². The number of esters is 1. The Morgan fingerprint density at radius 2 is 1.66 bits per heavy atom. The molecular weight excluding hydrogens is 409 g/mol. The first kappa shape index (κ1) is 22.1. The third-order valence-corrected chi connectivity index (χ3v) is 5.67. The molecule has 0 bridgehead atoms. The van der Waals surface area contributed by atoms with Crippen molar-refractivity contribution < 1.29 is 14.3 Å². The molecule has 1 fully saturated rings. The Morgan fingerprint density at radius 3 is 2.21 bits per heavy atom. The van der Waals surface area contributed by atoms with Crippen LogP contribution in [0.3, 0.4) is 0 Å². The Bertz CT molecular complexity index is 734. The Morgan fingerprint density at radius 1 is 1.07 bits per heavy atom. The van der Waals surface area contributed by atoms with Crippen LogP contribution in [0, 0.1) is 5.92 Å². The number of carbonyl (C=O) groups is 1. The van der Waals surface area contributed by atoms with E-state index in [4.69, 9.17) is 32.7 Å². The molecule has 29 heavy (non-hydrogen) atoms. The van der Waals surface area contributed by atoms with E-state index in [0.29, 0.717) is 23.3 Å². The zero-order valence-electron chi connectivity index (χ0n) is 16.7. The topological polar surface area (TPSA) is 38.8 Å². The van der Waals surface area contributed by atoms with Crippen molar-refractivity contribution in [3.05, 3.63) is 69.7 Å². The summed E-state index contributed by atoms with van der Waals surface area (Å²) in [4.78, 5) is 14.3. The van der Waals surface area contributed by atoms with Crippen LogP contribution in [0.5, 0.6) is 0 Å². The van der Waals surface area contributed by atoms with Gasteiger partial charge in [0.25, 0.3) is 0 Å². The Balaban J connectivity index is 1.62. The van der Waals surface area contributed by atoms with Crippen molar-refractivity contribution in [1.29, 1.82) is 0 Å². The molecule has 2 aromatic rings. The SMILES string of the molecule is CCOC(=O)C1CCCN(CCOC(c2ccc(Cl)cc2)c2ccc(Cl)cc2)C1. The lowest BCUT2D eigenvalue weighted by atomic mass is 9.98. The van der Waals surface area contributed by atoms with E-state index < -0.39 is 0 Å². The van der Waals surface area contributed by atoms with Crippen LogP contribution in [0.25, 0.3) is 0 Å². The maximum atomic E-state index is 12.0. The average Bonchev–Trinajstić information content (AvgIpc) is 2.73. The van der Waals surface area contributed by atoms with Crippen LogP contribution in [0.4, 0.5) is 0 Å². The molecule has 1 atom stereocenters. The first-order valence-corrected chi connectivity index (χ1v) is 10.8. The molecule has 1 saturated heterocycles. The van der Waals surface area contributed by atoms with Gasteiger partial charge in [-0.05, 0) is 61.7 Å². The molecule has 0 spiro atoms. The average molecular weight is 436 g/mol. The Hall–Kier alpha value is -1.59. The van der Waals surface area contributed by atoms with Crippen molar-refractivity contribution in [1.82, 2.24) is 4.90 Å². The summed E-state index contributed by atoms with van der Waals surface area (Å²) in [6.45, 7) is 5.32. The van der Waals surface area contributed by atoms with E-state index in [2.05, 4.69) is 4.90 Å². The van der Waals surface area contributed by atoms with Crippen molar-refractivity contribution in [2.24, 2.45) is 5.92 Å². The van der Waals surface area contributed by atoms with Crippen molar-refractivity contribution in [3.63, 3.8) is 0 Å². The highest BCUT2D eigenvalue weighted by Crippen LogP contribution is 2.28. The quantitative estimate of drug-likeness (QED) is 0.522. The first-order valence-electron chi connectivity index (χ1n) is 10.1. The number of ether oxygens (including phenoxy) is 2. The van der Waals surface area contributed by atoms with Crippen LogP contribution in [-0.4, -0.2) is 43.7 Å². The monoisotopic (exact) mass is 435 g/mol. The summed E-state index contributed by atoms with van der Waals surface area (Å²) in [6, 6.07) is 15.4. The molecule has 2 aromatic carbocycles. The molecule has 1 heterocycles. The second kappa shape index (κ2) is 11.0. The maximum absolute atomic E-state index is 12.0. The van der Waals surface area contributed by atoms with Crippen LogP contribution >= 0.6 is 23.2 Å². The van der Waals surface area contributed by atoms with E-state index in [9.17, 15) is 4.79 Å². The van der Waals surface area contributed by atoms with Gasteiger partial charge in [0.05, 0.1) is 19.1 Å². The molecule has 3 rings (SSSR count). The summed E-state index contributed by atoms with van der Waals surface area (Å²) in [6.07, 6.45) is 1.70. The van der Waals surface area contributed by atoms with Crippen LogP contribution < -0.4 is 0 Å². The lowest BCUT2D eigenvalue weighted by Crippen LogP contribution is -2.41. The standard InChI is InChI=1S/C23H27Cl2NO3/c1-2-28-23(27)19-4-3-13-26(16-19)14-15-29-22(17-5-9-20(24)10-6-17)18-7-11-21(25)12-8-18/h5-12,19,22H,2-4,13-16H2,1H3. The van der Waals surface area contributed by atoms with Crippen LogP contribution in [0.1, 0.15) is 37.0 Å². The minimum absolute atomic E-state index is 0.0352. The molecule has 0 saturated carbocycles. The first-order chi connectivity index (χ1) is 14.1. The van der Waals surface area contributed by atoms with Gasteiger partial charge in [0.1, 0.15) is 6.10 Å². The van der Waals surface area contributed by atoms with Gasteiger partial charge in [-0.25, -0.2) is 0 Å². The normalized spacial score (nSPS) is 17.4. The van der Waals surface area contributed by atoms with E-state index in [1.54, 1.807) is 0 Å². The van der Waals surface area contributed by atoms with E-state index in [1.165, 1.54) is 0 Å². The maximum Gasteiger partial charge on any atom is 0.310 e. The predicted octanol–water partition coefficient (Wildman–Crippen LogP) is 5.37. The summed E-state index contributed by atoms with van der Waals surface area (Å²) in [7, 11) is 0. The molecule has 0 amide bonds. The van der Waals surface area contributed by atoms with Gasteiger partial charge in [-0.15, -0.1) is 0 Å². The smallest absolute Gasteiger partial charge is 0.310 e. The van der Waals surface area contributed by atoms with Gasteiger partial charge >= 0.3 is 5.97 Å². The molecule has 1 unspecified atom stereocenters. The fraction of sp³-hybridized carbons (Fsp3) is 0.435. The van der Waals surface area contributed by atoms with Crippen molar-refractivity contribution in [2.75, 3.05) is 32.8 Å². The summed E-state index contributed by atoms with van der Waals surface area (Å²) in [5.74, 6) is -0.120. The van der Waals surface area contributed by atoms with Gasteiger partial charge in [-0.2, -0.15) is 0 Å². The van der Waals surface area contributed by atoms with Gasteiger partial charge < -0.3 is 14.4 Å². The summed E-state index contributed by atoms with van der Waals surface area (Å²) in [5.41, 5.74) is 2.08. The van der Waals surface area contributed by atoms with E-state index in [0.717, 1.165) is 43.6 Å². The summed E-state index contributed by atoms with van der Waals surface area (Å²) < 4.78 is 11.5. The second-order valence-corrected chi connectivity index (χ2v) is 8.12. The van der Waals surface area contributed by atoms with E-state index >= 15 is 0 Å². The number of rotatable bonds is 8. The molecule has 156 valence electrons. The van der Waals surface area contributed by atoms with Gasteiger partial charge in [0.2, 0.25) is 0 Å². The third-order valence-electron chi connectivity index (χ3n) is 5.16. The minimum atomic E-state index is -0.199. The zero-order chi connectivity index (χ0) is 20.6. The van der Waals surface area contributed by atoms with Crippen LogP contribution in [0.2, 0.25) is 10.0 Å². The molecule has 0 N–H and O–H groups in total. The molecule has 0 aliphatic carbocycles. The predicted molar refractivity (Wildman–Crippen MR) is 116 cm³/mol. The summed E-state index contributed by atoms with van der Waals surface area (Å²) >= 11 is 12.1. The molecule has 1 aliphatic heterocycles. The molecule has 0 aromatic heterocycles. The Kier molecular flexibility index (Phi) is 8.37. The van der Waals surface area contributed by atoms with E-state index in [-0.39, 0.29) is 18.0 Å². The number of hydrogen-bond donors (Lipinski definition) is 0. The molecular formula is C23H27Cl2NO3. The Labute approximate surface area is 182 Å². The number of hydrogen-bond acceptors (Lipinski definition) is 4. The number of nitrogens with zero attached hydrogens (tertiary/aromatic N) is 1. The highest BCUT2D eigenvalue weighted by Gasteiger charge is 2.26. The fourth-order valence-corrected chi connectivity index (χ4v) is 3.92. The number of halogens is 2. The summed E-state index contributed by atoms with van der Waals surface area (Å²) in [5, 5.41) is 1.39. The minimum Gasteiger partial charge on any atom is -0.466 e. The van der Waals surface area contributed by atoms with E-state index in [1.807, 2.05) is 55.5 Å². The zero-order valence-corrected chi connectivity index (χ0v) is 18.2. The highest BCUT2D eigenvalue weighted by molar-refractivity contribution is 6.30. The third kappa shape index (κ3) is 6.45. The van der Waals surface area contributed by atoms with Gasteiger partial charge in [0, 0.05) is 23.1 Å².